The van der Waals surface area contributed by atoms with Crippen LogP contribution in [0.15, 0.2) is 79.0 Å². The van der Waals surface area contributed by atoms with E-state index >= 15 is 0 Å². The monoisotopic (exact) mass is 1980 g/mol. The van der Waals surface area contributed by atoms with Crippen molar-refractivity contribution in [2.24, 2.45) is 0 Å². The van der Waals surface area contributed by atoms with E-state index in [-0.39, 0.29) is 107 Å². The number of anilines is 4. The summed E-state index contributed by atoms with van der Waals surface area (Å²) in [6.07, 6.45) is -12.5. The summed E-state index contributed by atoms with van der Waals surface area (Å²) in [5.74, 6) is -0.201. The Hall–Kier alpha value is -6.17. The highest BCUT2D eigenvalue weighted by Gasteiger charge is 2.50. The zero-order valence-corrected chi connectivity index (χ0v) is 75.7. The van der Waals surface area contributed by atoms with Gasteiger partial charge in [-0.3, -0.25) is 56.7 Å². The molecule has 6 aliphatic heterocycles. The molecule has 6 fully saturated rings. The first-order valence-corrected chi connectivity index (χ1v) is 52.8. The van der Waals surface area contributed by atoms with E-state index < -0.39 is 218 Å². The maximum atomic E-state index is 13.5. The van der Waals surface area contributed by atoms with Gasteiger partial charge in [-0.15, -0.1) is 0 Å². The molecule has 0 radical (unpaired) electrons. The molecule has 125 heavy (non-hydrogen) atoms. The van der Waals surface area contributed by atoms with E-state index in [0.717, 1.165) is 16.2 Å². The molecule has 9 aromatic rings. The van der Waals surface area contributed by atoms with Gasteiger partial charge in [-0.2, -0.15) is 9.97 Å². The smallest absolute Gasteiger partial charge is 0.351 e. The van der Waals surface area contributed by atoms with Crippen LogP contribution in [0.2, 0.25) is 0 Å². The molecule has 0 amide bonds. The third kappa shape index (κ3) is 21.4. The first-order valence-electron chi connectivity index (χ1n) is 37.3. The molecule has 17 N–H and O–H groups in total. The summed E-state index contributed by atoms with van der Waals surface area (Å²) in [5, 5.41) is 0. The molecule has 680 valence electrons. The number of fused-ring (bicyclic) bond motifs is 3. The zero-order valence-electron chi connectivity index (χ0n) is 65.4. The van der Waals surface area contributed by atoms with E-state index in [4.69, 9.17) is 176 Å². The highest BCUT2D eigenvalue weighted by molar-refractivity contribution is 8.08. The van der Waals surface area contributed by atoms with Gasteiger partial charge in [-0.1, -0.05) is 0 Å². The number of hydrogen-bond acceptors (Lipinski definition) is 43. The lowest BCUT2D eigenvalue weighted by atomic mass is 10.2. The van der Waals surface area contributed by atoms with Gasteiger partial charge in [0.25, 0.3) is 16.7 Å². The molecular formula is C61H80N22O30P6S6. The Morgan fingerprint density at radius 2 is 0.712 bits per heavy atom. The van der Waals surface area contributed by atoms with Gasteiger partial charge in [-0.25, -0.2) is 49.3 Å². The molecule has 12 unspecified atom stereocenters. The first kappa shape index (κ1) is 93.5. The molecule has 15 rings (SSSR count). The maximum Gasteiger partial charge on any atom is 0.351 e. The second-order valence-corrected chi connectivity index (χ2v) is 45.9. The molecule has 0 aromatic carbocycles. The minimum Gasteiger partial charge on any atom is -0.383 e. The average molecular weight is 1980 g/mol. The van der Waals surface area contributed by atoms with E-state index in [1.54, 1.807) is 13.8 Å². The predicted molar refractivity (Wildman–Crippen MR) is 454 cm³/mol. The van der Waals surface area contributed by atoms with E-state index in [1.807, 2.05) is 0 Å². The van der Waals surface area contributed by atoms with Crippen molar-refractivity contribution in [3.63, 3.8) is 0 Å². The van der Waals surface area contributed by atoms with Crippen molar-refractivity contribution in [3.05, 3.63) is 129 Å². The molecule has 0 saturated carbocycles. The summed E-state index contributed by atoms with van der Waals surface area (Å²) in [5.41, 5.74) is 20.9. The van der Waals surface area contributed by atoms with Crippen molar-refractivity contribution in [3.8, 4) is 0 Å². The molecule has 6 saturated heterocycles. The highest BCUT2D eigenvalue weighted by Crippen LogP contribution is 2.58. The summed E-state index contributed by atoms with van der Waals surface area (Å²) >= 11 is 33.3. The molecule has 6 aliphatic rings. The topological polar surface area (TPSA) is 687 Å². The molecule has 0 aliphatic carbocycles. The number of ether oxygens (including phenoxy) is 6. The number of imidazole rings is 3. The second kappa shape index (κ2) is 37.2. The van der Waals surface area contributed by atoms with Crippen LogP contribution in [-0.2, 0) is 154 Å². The van der Waals surface area contributed by atoms with Gasteiger partial charge in [-0.05, 0) is 98.5 Å². The first-order chi connectivity index (χ1) is 58.9. The number of aromatic nitrogens is 18. The van der Waals surface area contributed by atoms with E-state index in [2.05, 4.69) is 59.8 Å². The van der Waals surface area contributed by atoms with Crippen LogP contribution in [0.3, 0.4) is 0 Å². The number of rotatable bonds is 34. The summed E-state index contributed by atoms with van der Waals surface area (Å²) in [7, 11) is 1.12. The third-order valence-corrected chi connectivity index (χ3v) is 30.3. The van der Waals surface area contributed by atoms with Crippen LogP contribution in [-0.4, -0.2) is 230 Å². The normalized spacial score (nSPS) is 29.5. The molecule has 64 heteroatoms. The van der Waals surface area contributed by atoms with Crippen LogP contribution in [0.1, 0.15) is 99.5 Å². The Balaban J connectivity index is 0.645. The molecule has 52 nitrogen and oxygen atoms in total. The maximum absolute atomic E-state index is 13.5. The van der Waals surface area contributed by atoms with Crippen molar-refractivity contribution in [2.45, 2.75) is 177 Å². The lowest BCUT2D eigenvalue weighted by Gasteiger charge is -2.28. The van der Waals surface area contributed by atoms with Gasteiger partial charge < -0.3 is 135 Å². The predicted octanol–water partition coefficient (Wildman–Crippen LogP) is 0.497. The SMILES string of the molecule is COP(O)(=S)OC1C[C@H](n2cc(C)c(=O)[nH]c2=O)O[C@@H]1COP(O)(=S)OC1C[C@H](n2cnc3c(N)ncnc32)O[C@@H]1COP(O)(=S)OC1C[C@H](n2cnc3c(=O)[nH]c(N)nc32)O[C@@H]1COP(O)(=S)OC1C[C@H](n2cc(C)c(=O)[nH]c2=O)O[C@@H]1COP(O)(=S)OC1C[C@H](n2cnc3c(N)ncnc32)O[C@@H]1COP(O)(=S)OC1C[C@H](n2cc(C)c(N)nc2=O)O[C@@H]1C. The van der Waals surface area contributed by atoms with Gasteiger partial charge in [0.15, 0.2) is 34.1 Å². The van der Waals surface area contributed by atoms with Crippen molar-refractivity contribution in [1.82, 2.24) is 87.2 Å². The fourth-order valence-electron chi connectivity index (χ4n) is 14.5. The lowest BCUT2D eigenvalue weighted by molar-refractivity contribution is -0.0563. The largest absolute Gasteiger partial charge is 0.383 e. The van der Waals surface area contributed by atoms with Gasteiger partial charge in [0, 0.05) is 80.9 Å². The van der Waals surface area contributed by atoms with Crippen LogP contribution in [0.4, 0.5) is 23.4 Å². The van der Waals surface area contributed by atoms with Crippen molar-refractivity contribution in [1.29, 1.82) is 0 Å². The minimum atomic E-state index is -4.70. The lowest BCUT2D eigenvalue weighted by Crippen LogP contribution is -2.33. The minimum absolute atomic E-state index is 0.0208. The Bertz CT molecular complexity index is 6310. The summed E-state index contributed by atoms with van der Waals surface area (Å²) in [6.45, 7) is -23.8. The molecule has 0 bridgehead atoms. The van der Waals surface area contributed by atoms with Crippen molar-refractivity contribution < 1.29 is 112 Å². The Morgan fingerprint density at radius 1 is 0.392 bits per heavy atom. The van der Waals surface area contributed by atoms with Crippen LogP contribution < -0.4 is 56.7 Å². The summed E-state index contributed by atoms with van der Waals surface area (Å²) < 4.78 is 117. The Kier molecular flexibility index (Phi) is 27.9. The molecule has 15 heterocycles. The number of aromatic amines is 3. The van der Waals surface area contributed by atoms with Gasteiger partial charge >= 0.3 is 57.4 Å². The average Bonchev–Trinajstić information content (AvgIpc) is 1.64. The number of H-pyrrole nitrogens is 3. The molecule has 0 spiro atoms. The quantitative estimate of drug-likeness (QED) is 0.0244. The number of aryl methyl sites for hydroxylation is 3. The fourth-order valence-corrected chi connectivity index (χ4v) is 22.9. The summed E-state index contributed by atoms with van der Waals surface area (Å²) in [4.78, 5) is 193. The van der Waals surface area contributed by atoms with Gasteiger partial charge in [0.05, 0.1) is 94.7 Å². The van der Waals surface area contributed by atoms with Gasteiger partial charge in [0.2, 0.25) is 5.95 Å². The van der Waals surface area contributed by atoms with Crippen molar-refractivity contribution >= 4 is 168 Å². The van der Waals surface area contributed by atoms with Crippen LogP contribution >= 0.6 is 40.3 Å². The number of nitrogens with zero attached hydrogens (tertiary/aromatic N) is 15. The van der Waals surface area contributed by atoms with Crippen LogP contribution in [0, 0.1) is 20.8 Å². The fraction of sp³-hybridized carbons (Fsp3) is 0.557. The summed E-state index contributed by atoms with van der Waals surface area (Å²) in [6, 6.07) is 0. The van der Waals surface area contributed by atoms with E-state index in [9.17, 15) is 58.1 Å². The number of nitrogen functional groups attached to an aromatic ring is 4. The number of hydrogen-bond donors (Lipinski definition) is 13. The Labute approximate surface area is 732 Å². The van der Waals surface area contributed by atoms with Gasteiger partial charge in [0.1, 0.15) is 97.4 Å². The van der Waals surface area contributed by atoms with Crippen LogP contribution in [0.5, 0.6) is 0 Å². The molecule has 24 atom stereocenters. The molecular weight excluding hydrogens is 1900 g/mol. The zero-order chi connectivity index (χ0) is 89.5. The second-order valence-electron chi connectivity index (χ2n) is 29.1. The molecule has 9 aromatic heterocycles. The highest BCUT2D eigenvalue weighted by atomic mass is 32.5. The number of nitrogens with one attached hydrogen (secondary N) is 3. The van der Waals surface area contributed by atoms with Crippen LogP contribution in [0.25, 0.3) is 33.5 Å². The number of nitrogens with two attached hydrogens (primary N) is 4. The van der Waals surface area contributed by atoms with E-state index in [0.29, 0.717) is 5.56 Å². The Morgan fingerprint density at radius 3 is 1.09 bits per heavy atom. The van der Waals surface area contributed by atoms with Crippen molar-refractivity contribution in [2.75, 3.05) is 63.1 Å². The standard InChI is InChI=1S/C61H80N22O30P6S6/c1-25-12-78(59(87)73-49(25)62)40-6-29(28(4)102-40)108-115(91,121)97-17-37-32(9-43(105-37)81-22-70-46-50(63)66-20-68-52(46)81)111-118(94,124)99-16-36-31(8-42(104-36)80-14-27(3)56(85)77-61(80)89)110-116(92,122)101-19-39-34(11-45(107-39)83-24-72-48-54(83)74-58(65)75-57(48)86)113-119(95,125)100-18-38-33(10-44(106-38)82-23-71-47-51(64)67-21-69-53(47)82)112-117(93,123)98-15-35-30(109-114(90,120)96-5)7-41(103-35)79-13-26(2)55(84)76-60(79)88/h12-14,20-24,28-45H,6-11,15-19H2,1-5H3,(H,90,120)(H,91,121)(H,92,122)(H,93,123)(H,94,124)(H,95,125)(H2,62,73,87)(H2,63,66,68)(H2,64,67,69)(H,76,84,88)(H,77,85,89)(H3,65,74,75,86)/t28-,29?,30?,31?,32?,33?,34?,35-,36-,37-,38-,39-,40-,41-,42-,43-,44-,45-,114?,115?,116?,117?,118?,119?/m1/s1. The third-order valence-electron chi connectivity index (χ3n) is 20.6. The van der Waals surface area contributed by atoms with E-state index in [1.165, 1.54) is 82.3 Å².